The van der Waals surface area contributed by atoms with Crippen LogP contribution < -0.4 is 10.5 Å². The highest BCUT2D eigenvalue weighted by Crippen LogP contribution is 2.25. The number of aryl methyl sites for hydroxylation is 1. The summed E-state index contributed by atoms with van der Waals surface area (Å²) in [6, 6.07) is 6.28. The molecule has 5 heteroatoms. The highest BCUT2D eigenvalue weighted by molar-refractivity contribution is 7.80. The Morgan fingerprint density at radius 3 is 2.83 bits per heavy atom. The first-order valence-electron chi connectivity index (χ1n) is 5.26. The van der Waals surface area contributed by atoms with Gasteiger partial charge in [-0.25, -0.2) is 4.39 Å². The van der Waals surface area contributed by atoms with E-state index in [1.807, 2.05) is 0 Å². The number of pyridine rings is 1. The second kappa shape index (κ2) is 5.10. The minimum absolute atomic E-state index is 0.208. The Morgan fingerprint density at radius 1 is 1.39 bits per heavy atom. The number of hydrogen-bond donors (Lipinski definition) is 1. The van der Waals surface area contributed by atoms with Crippen LogP contribution in [0.15, 0.2) is 36.7 Å². The predicted octanol–water partition coefficient (Wildman–Crippen LogP) is 2.96. The van der Waals surface area contributed by atoms with Crippen molar-refractivity contribution in [2.24, 2.45) is 5.73 Å². The number of benzene rings is 1. The number of rotatable bonds is 3. The third-order valence-corrected chi connectivity index (χ3v) is 2.64. The zero-order chi connectivity index (χ0) is 13.1. The molecular formula is C13H11FN2OS. The standard InChI is InChI=1S/C13H11FN2OS/c1-8-2-3-9(6-11(8)14)17-12-7-16-5-4-10(12)13(15)18/h2-7H,1H3,(H2,15,18). The van der Waals surface area contributed by atoms with Gasteiger partial charge in [-0.3, -0.25) is 4.98 Å². The molecule has 1 heterocycles. The molecule has 2 aromatic rings. The van der Waals surface area contributed by atoms with E-state index in [4.69, 9.17) is 22.7 Å². The first kappa shape index (κ1) is 12.4. The Morgan fingerprint density at radius 2 is 2.17 bits per heavy atom. The van der Waals surface area contributed by atoms with Crippen molar-refractivity contribution in [2.45, 2.75) is 6.92 Å². The molecule has 0 aliphatic rings. The molecule has 0 amide bonds. The molecule has 3 nitrogen and oxygen atoms in total. The van der Waals surface area contributed by atoms with Crippen LogP contribution in [0.4, 0.5) is 4.39 Å². The number of thiocarbonyl (C=S) groups is 1. The molecule has 0 saturated heterocycles. The maximum atomic E-state index is 13.4. The van der Waals surface area contributed by atoms with Crippen molar-refractivity contribution in [3.05, 3.63) is 53.6 Å². The average Bonchev–Trinajstić information content (AvgIpc) is 2.34. The Balaban J connectivity index is 2.34. The van der Waals surface area contributed by atoms with E-state index in [2.05, 4.69) is 4.98 Å². The summed E-state index contributed by atoms with van der Waals surface area (Å²) in [5.74, 6) is 0.463. The molecule has 0 fully saturated rings. The quantitative estimate of drug-likeness (QED) is 0.864. The fourth-order valence-corrected chi connectivity index (χ4v) is 1.60. The Labute approximate surface area is 109 Å². The lowest BCUT2D eigenvalue weighted by Crippen LogP contribution is -2.10. The van der Waals surface area contributed by atoms with Gasteiger partial charge in [0, 0.05) is 12.3 Å². The van der Waals surface area contributed by atoms with Gasteiger partial charge >= 0.3 is 0 Å². The van der Waals surface area contributed by atoms with Gasteiger partial charge in [0.2, 0.25) is 0 Å². The van der Waals surface area contributed by atoms with E-state index in [1.54, 1.807) is 31.3 Å². The summed E-state index contributed by atoms with van der Waals surface area (Å²) < 4.78 is 18.9. The summed E-state index contributed by atoms with van der Waals surface area (Å²) in [6.07, 6.45) is 3.06. The lowest BCUT2D eigenvalue weighted by molar-refractivity contribution is 0.473. The maximum absolute atomic E-state index is 13.4. The largest absolute Gasteiger partial charge is 0.455 e. The number of hydrogen-bond acceptors (Lipinski definition) is 3. The fraction of sp³-hybridized carbons (Fsp3) is 0.0769. The van der Waals surface area contributed by atoms with Gasteiger partial charge in [-0.05, 0) is 24.6 Å². The summed E-state index contributed by atoms with van der Waals surface area (Å²) in [7, 11) is 0. The molecule has 0 atom stereocenters. The molecule has 0 aliphatic carbocycles. The summed E-state index contributed by atoms with van der Waals surface area (Å²) >= 11 is 4.91. The minimum Gasteiger partial charge on any atom is -0.455 e. The number of nitrogens with two attached hydrogens (primary N) is 1. The van der Waals surface area contributed by atoms with E-state index in [9.17, 15) is 4.39 Å². The summed E-state index contributed by atoms with van der Waals surface area (Å²) in [6.45, 7) is 1.68. The van der Waals surface area contributed by atoms with E-state index >= 15 is 0 Å². The van der Waals surface area contributed by atoms with E-state index in [1.165, 1.54) is 12.3 Å². The van der Waals surface area contributed by atoms with E-state index in [0.717, 1.165) is 0 Å². The van der Waals surface area contributed by atoms with Crippen LogP contribution in [0.1, 0.15) is 11.1 Å². The van der Waals surface area contributed by atoms with Crippen LogP contribution in [0, 0.1) is 12.7 Å². The second-order valence-electron chi connectivity index (χ2n) is 3.75. The molecule has 0 saturated carbocycles. The van der Waals surface area contributed by atoms with Gasteiger partial charge in [-0.15, -0.1) is 0 Å². The molecule has 0 spiro atoms. The van der Waals surface area contributed by atoms with Crippen LogP contribution >= 0.6 is 12.2 Å². The van der Waals surface area contributed by atoms with Crippen LogP contribution in [0.5, 0.6) is 11.5 Å². The minimum atomic E-state index is -0.326. The van der Waals surface area contributed by atoms with E-state index in [0.29, 0.717) is 22.6 Å². The SMILES string of the molecule is Cc1ccc(Oc2cnccc2C(N)=S)cc1F. The van der Waals surface area contributed by atoms with Gasteiger partial charge in [0.05, 0.1) is 11.8 Å². The Bertz CT molecular complexity index is 601. The molecule has 1 aromatic heterocycles. The average molecular weight is 262 g/mol. The first-order valence-corrected chi connectivity index (χ1v) is 5.66. The van der Waals surface area contributed by atoms with Crippen molar-refractivity contribution < 1.29 is 9.13 Å². The highest BCUT2D eigenvalue weighted by Gasteiger charge is 2.08. The molecule has 92 valence electrons. The van der Waals surface area contributed by atoms with Crippen molar-refractivity contribution in [2.75, 3.05) is 0 Å². The van der Waals surface area contributed by atoms with Crippen molar-refractivity contribution in [1.82, 2.24) is 4.98 Å². The Kier molecular flexibility index (Phi) is 3.53. The molecular weight excluding hydrogens is 251 g/mol. The van der Waals surface area contributed by atoms with E-state index in [-0.39, 0.29) is 10.8 Å². The molecule has 2 rings (SSSR count). The number of halogens is 1. The van der Waals surface area contributed by atoms with Gasteiger partial charge in [0.1, 0.15) is 16.6 Å². The molecule has 18 heavy (non-hydrogen) atoms. The zero-order valence-corrected chi connectivity index (χ0v) is 10.5. The topological polar surface area (TPSA) is 48.1 Å². The zero-order valence-electron chi connectivity index (χ0n) is 9.68. The number of ether oxygens (including phenoxy) is 1. The van der Waals surface area contributed by atoms with Gasteiger partial charge in [-0.2, -0.15) is 0 Å². The highest BCUT2D eigenvalue weighted by atomic mass is 32.1. The van der Waals surface area contributed by atoms with Crippen LogP contribution in [0.3, 0.4) is 0 Å². The molecule has 0 aliphatic heterocycles. The van der Waals surface area contributed by atoms with Crippen molar-refractivity contribution in [3.8, 4) is 11.5 Å². The summed E-state index contributed by atoms with van der Waals surface area (Å²) in [5.41, 5.74) is 6.70. The summed E-state index contributed by atoms with van der Waals surface area (Å²) in [4.78, 5) is 4.14. The van der Waals surface area contributed by atoms with Crippen LogP contribution in [0.25, 0.3) is 0 Å². The van der Waals surface area contributed by atoms with Crippen molar-refractivity contribution >= 4 is 17.2 Å². The molecule has 0 unspecified atom stereocenters. The lowest BCUT2D eigenvalue weighted by Gasteiger charge is -2.09. The Hall–Kier alpha value is -2.01. The third-order valence-electron chi connectivity index (χ3n) is 2.42. The molecule has 0 radical (unpaired) electrons. The van der Waals surface area contributed by atoms with Crippen molar-refractivity contribution in [3.63, 3.8) is 0 Å². The maximum Gasteiger partial charge on any atom is 0.155 e. The lowest BCUT2D eigenvalue weighted by atomic mass is 10.2. The van der Waals surface area contributed by atoms with Gasteiger partial charge in [0.25, 0.3) is 0 Å². The van der Waals surface area contributed by atoms with Gasteiger partial charge in [-0.1, -0.05) is 18.3 Å². The number of aromatic nitrogens is 1. The van der Waals surface area contributed by atoms with Gasteiger partial charge < -0.3 is 10.5 Å². The predicted molar refractivity (Wildman–Crippen MR) is 71.3 cm³/mol. The second-order valence-corrected chi connectivity index (χ2v) is 4.19. The molecule has 1 aromatic carbocycles. The smallest absolute Gasteiger partial charge is 0.155 e. The van der Waals surface area contributed by atoms with Gasteiger partial charge in [0.15, 0.2) is 5.75 Å². The van der Waals surface area contributed by atoms with Crippen molar-refractivity contribution in [1.29, 1.82) is 0 Å². The fourth-order valence-electron chi connectivity index (χ4n) is 1.43. The summed E-state index contributed by atoms with van der Waals surface area (Å²) in [5, 5.41) is 0. The number of nitrogens with zero attached hydrogens (tertiary/aromatic N) is 1. The monoisotopic (exact) mass is 262 g/mol. The third kappa shape index (κ3) is 2.62. The molecule has 0 bridgehead atoms. The first-order chi connectivity index (χ1) is 8.58. The normalized spacial score (nSPS) is 10.1. The molecule has 2 N–H and O–H groups in total. The van der Waals surface area contributed by atoms with Crippen LogP contribution in [-0.2, 0) is 0 Å². The van der Waals surface area contributed by atoms with Crippen LogP contribution in [0.2, 0.25) is 0 Å². The van der Waals surface area contributed by atoms with Crippen LogP contribution in [-0.4, -0.2) is 9.97 Å². The van der Waals surface area contributed by atoms with E-state index < -0.39 is 0 Å².